The molecular weight excluding hydrogens is 242 g/mol. The zero-order chi connectivity index (χ0) is 14.0. The van der Waals surface area contributed by atoms with Crippen molar-refractivity contribution in [1.82, 2.24) is 15.1 Å². The molecule has 5 heteroatoms. The smallest absolute Gasteiger partial charge is 0.322 e. The first-order chi connectivity index (χ1) is 9.00. The molecule has 1 spiro atoms. The predicted molar refractivity (Wildman–Crippen MR) is 73.8 cm³/mol. The Morgan fingerprint density at radius 2 is 2.05 bits per heavy atom. The fourth-order valence-electron chi connectivity index (χ4n) is 3.05. The summed E-state index contributed by atoms with van der Waals surface area (Å²) in [6, 6.07) is -0.295. The molecule has 1 atom stereocenters. The van der Waals surface area contributed by atoms with Gasteiger partial charge in [0.1, 0.15) is 5.54 Å². The van der Waals surface area contributed by atoms with Crippen molar-refractivity contribution in [2.75, 3.05) is 19.6 Å². The molecule has 0 saturated carbocycles. The summed E-state index contributed by atoms with van der Waals surface area (Å²) in [5.41, 5.74) is -0.645. The third-order valence-electron chi connectivity index (χ3n) is 4.14. The van der Waals surface area contributed by atoms with Crippen LogP contribution in [0, 0.1) is 0 Å². The average Bonchev–Trinajstić information content (AvgIpc) is 2.83. The van der Waals surface area contributed by atoms with Crippen LogP contribution in [0.3, 0.4) is 0 Å². The highest BCUT2D eigenvalue weighted by Crippen LogP contribution is 2.29. The highest BCUT2D eigenvalue weighted by molar-refractivity contribution is 6.07. The van der Waals surface area contributed by atoms with Gasteiger partial charge in [0, 0.05) is 19.1 Å². The molecule has 1 N–H and O–H groups in total. The number of rotatable bonds is 5. The Bertz CT molecular complexity index is 370. The minimum Gasteiger partial charge on any atom is -0.322 e. The summed E-state index contributed by atoms with van der Waals surface area (Å²) in [5, 5.41) is 2.93. The Labute approximate surface area is 115 Å². The number of carbonyl (C=O) groups is 2. The van der Waals surface area contributed by atoms with Gasteiger partial charge in [-0.05, 0) is 33.2 Å². The molecule has 2 fully saturated rings. The Hall–Kier alpha value is -1.10. The fourth-order valence-corrected chi connectivity index (χ4v) is 3.05. The Balaban J connectivity index is 1.98. The van der Waals surface area contributed by atoms with Gasteiger partial charge in [0.2, 0.25) is 0 Å². The molecule has 0 unspecified atom stereocenters. The molecule has 0 aliphatic carbocycles. The number of likely N-dealkylation sites (tertiary alicyclic amines) is 1. The Morgan fingerprint density at radius 1 is 1.32 bits per heavy atom. The van der Waals surface area contributed by atoms with Gasteiger partial charge in [0.25, 0.3) is 5.91 Å². The number of hydrogen-bond donors (Lipinski definition) is 1. The van der Waals surface area contributed by atoms with Gasteiger partial charge >= 0.3 is 6.03 Å². The minimum atomic E-state index is -0.645. The summed E-state index contributed by atoms with van der Waals surface area (Å²) >= 11 is 0. The SMILES string of the molecule is CCCCCN1CC[C@@]2(C1)NC(=O)N(C(C)C)C2=O. The van der Waals surface area contributed by atoms with Crippen LogP contribution in [0.25, 0.3) is 0 Å². The van der Waals surface area contributed by atoms with Gasteiger partial charge in [-0.25, -0.2) is 4.79 Å². The maximum absolute atomic E-state index is 12.5. The van der Waals surface area contributed by atoms with Crippen molar-refractivity contribution in [2.24, 2.45) is 0 Å². The normalized spacial score (nSPS) is 27.9. The molecule has 0 aromatic rings. The van der Waals surface area contributed by atoms with E-state index in [1.54, 1.807) is 0 Å². The van der Waals surface area contributed by atoms with Crippen LogP contribution in [0.5, 0.6) is 0 Å². The van der Waals surface area contributed by atoms with Gasteiger partial charge in [-0.15, -0.1) is 0 Å². The van der Waals surface area contributed by atoms with E-state index in [0.29, 0.717) is 6.54 Å². The third-order valence-corrected chi connectivity index (χ3v) is 4.14. The molecule has 2 heterocycles. The first kappa shape index (κ1) is 14.3. The Kier molecular flexibility index (Phi) is 4.13. The first-order valence-corrected chi connectivity index (χ1v) is 7.38. The second-order valence-corrected chi connectivity index (χ2v) is 6.01. The lowest BCUT2D eigenvalue weighted by atomic mass is 9.98. The maximum Gasteiger partial charge on any atom is 0.325 e. The molecule has 2 saturated heterocycles. The summed E-state index contributed by atoms with van der Waals surface area (Å²) in [7, 11) is 0. The molecule has 3 amide bonds. The number of nitrogens with one attached hydrogen (secondary N) is 1. The van der Waals surface area contributed by atoms with Gasteiger partial charge in [-0.3, -0.25) is 9.69 Å². The zero-order valence-corrected chi connectivity index (χ0v) is 12.2. The van der Waals surface area contributed by atoms with Crippen LogP contribution in [0.2, 0.25) is 0 Å². The van der Waals surface area contributed by atoms with Crippen molar-refractivity contribution >= 4 is 11.9 Å². The molecule has 108 valence electrons. The van der Waals surface area contributed by atoms with Crippen molar-refractivity contribution < 1.29 is 9.59 Å². The van der Waals surface area contributed by atoms with E-state index in [4.69, 9.17) is 0 Å². The summed E-state index contributed by atoms with van der Waals surface area (Å²) in [5.74, 6) is -0.0366. The summed E-state index contributed by atoms with van der Waals surface area (Å²) in [6.45, 7) is 8.55. The van der Waals surface area contributed by atoms with E-state index >= 15 is 0 Å². The molecule has 2 aliphatic rings. The monoisotopic (exact) mass is 267 g/mol. The van der Waals surface area contributed by atoms with Crippen LogP contribution in [0.4, 0.5) is 4.79 Å². The molecule has 19 heavy (non-hydrogen) atoms. The first-order valence-electron chi connectivity index (χ1n) is 7.38. The number of carbonyl (C=O) groups excluding carboxylic acids is 2. The van der Waals surface area contributed by atoms with Crippen molar-refractivity contribution in [3.8, 4) is 0 Å². The van der Waals surface area contributed by atoms with Crippen molar-refractivity contribution in [2.45, 2.75) is 58.0 Å². The van der Waals surface area contributed by atoms with Gasteiger partial charge in [-0.2, -0.15) is 0 Å². The lowest BCUT2D eigenvalue weighted by molar-refractivity contribution is -0.132. The van der Waals surface area contributed by atoms with Crippen molar-refractivity contribution in [1.29, 1.82) is 0 Å². The Morgan fingerprint density at radius 3 is 2.63 bits per heavy atom. The summed E-state index contributed by atoms with van der Waals surface area (Å²) in [4.78, 5) is 28.1. The highest BCUT2D eigenvalue weighted by Gasteiger charge is 2.54. The molecule has 2 rings (SSSR count). The standard InChI is InChI=1S/C14H25N3O2/c1-4-5-6-8-16-9-7-14(10-16)12(18)17(11(2)3)13(19)15-14/h11H,4-10H2,1-3H3,(H,15,19)/t14-/m0/s1. The lowest BCUT2D eigenvalue weighted by Crippen LogP contribution is -2.49. The van der Waals surface area contributed by atoms with Gasteiger partial charge in [0.05, 0.1) is 0 Å². The van der Waals surface area contributed by atoms with E-state index < -0.39 is 5.54 Å². The van der Waals surface area contributed by atoms with Crippen LogP contribution in [-0.4, -0.2) is 53.0 Å². The number of unbranched alkanes of at least 4 members (excludes halogenated alkanes) is 2. The second kappa shape index (κ2) is 5.49. The third kappa shape index (κ3) is 2.61. The van der Waals surface area contributed by atoms with E-state index in [0.717, 1.165) is 19.5 Å². The van der Waals surface area contributed by atoms with Crippen LogP contribution < -0.4 is 5.32 Å². The van der Waals surface area contributed by atoms with Crippen molar-refractivity contribution in [3.05, 3.63) is 0 Å². The summed E-state index contributed by atoms with van der Waals surface area (Å²) < 4.78 is 0. The van der Waals surface area contributed by atoms with Gasteiger partial charge in [-0.1, -0.05) is 19.8 Å². The number of imide groups is 1. The largest absolute Gasteiger partial charge is 0.325 e. The molecule has 5 nitrogen and oxygen atoms in total. The average molecular weight is 267 g/mol. The minimum absolute atomic E-state index is 0.0366. The van der Waals surface area contributed by atoms with Gasteiger partial charge in [0.15, 0.2) is 0 Å². The van der Waals surface area contributed by atoms with Gasteiger partial charge < -0.3 is 10.2 Å². The van der Waals surface area contributed by atoms with E-state index in [1.807, 2.05) is 13.8 Å². The highest BCUT2D eigenvalue weighted by atomic mass is 16.2. The predicted octanol–water partition coefficient (Wildman–Crippen LogP) is 1.58. The van der Waals surface area contributed by atoms with E-state index in [9.17, 15) is 9.59 Å². The number of urea groups is 1. The van der Waals surface area contributed by atoms with E-state index in [2.05, 4.69) is 17.1 Å². The van der Waals surface area contributed by atoms with Crippen LogP contribution >= 0.6 is 0 Å². The van der Waals surface area contributed by atoms with Crippen LogP contribution in [0.15, 0.2) is 0 Å². The second-order valence-electron chi connectivity index (χ2n) is 6.01. The van der Waals surface area contributed by atoms with Crippen LogP contribution in [0.1, 0.15) is 46.5 Å². The number of hydrogen-bond acceptors (Lipinski definition) is 3. The number of nitrogens with zero attached hydrogens (tertiary/aromatic N) is 2. The molecule has 0 bridgehead atoms. The molecule has 0 aromatic heterocycles. The van der Waals surface area contributed by atoms with E-state index in [-0.39, 0.29) is 18.0 Å². The van der Waals surface area contributed by atoms with E-state index in [1.165, 1.54) is 24.2 Å². The molecule has 0 radical (unpaired) electrons. The summed E-state index contributed by atoms with van der Waals surface area (Å²) in [6.07, 6.45) is 4.34. The topological polar surface area (TPSA) is 52.7 Å². The van der Waals surface area contributed by atoms with Crippen molar-refractivity contribution in [3.63, 3.8) is 0 Å². The molecular formula is C14H25N3O2. The fraction of sp³-hybridized carbons (Fsp3) is 0.857. The molecule has 2 aliphatic heterocycles. The quantitative estimate of drug-likeness (QED) is 0.608. The lowest BCUT2D eigenvalue weighted by Gasteiger charge is -2.23. The maximum atomic E-state index is 12.5. The number of amides is 3. The molecule has 0 aromatic carbocycles. The zero-order valence-electron chi connectivity index (χ0n) is 12.2. The van der Waals surface area contributed by atoms with Crippen LogP contribution in [-0.2, 0) is 4.79 Å².